The van der Waals surface area contributed by atoms with E-state index in [4.69, 9.17) is 13.6 Å². The van der Waals surface area contributed by atoms with Gasteiger partial charge in [0.05, 0.1) is 5.56 Å². The van der Waals surface area contributed by atoms with Gasteiger partial charge in [-0.15, -0.1) is 0 Å². The molecule has 0 bridgehead atoms. The van der Waals surface area contributed by atoms with Crippen molar-refractivity contribution in [3.8, 4) is 17.3 Å². The highest BCUT2D eigenvalue weighted by atomic mass is 16.5. The number of benzene rings is 1. The molecule has 7 nitrogen and oxygen atoms in total. The van der Waals surface area contributed by atoms with Gasteiger partial charge in [-0.25, -0.2) is 9.78 Å². The summed E-state index contributed by atoms with van der Waals surface area (Å²) in [5.41, 5.74) is 0.822. The first-order valence-corrected chi connectivity index (χ1v) is 8.35. The third-order valence-electron chi connectivity index (χ3n) is 4.25. The fourth-order valence-electron chi connectivity index (χ4n) is 2.89. The molecule has 27 heavy (non-hydrogen) atoms. The van der Waals surface area contributed by atoms with Gasteiger partial charge >= 0.3 is 11.6 Å². The number of nitrogens with zero attached hydrogens (tertiary/aromatic N) is 1. The monoisotopic (exact) mass is 364 g/mol. The van der Waals surface area contributed by atoms with E-state index in [1.165, 1.54) is 0 Å². The van der Waals surface area contributed by atoms with Crippen molar-refractivity contribution in [1.82, 2.24) is 9.97 Å². The number of para-hydroxylation sites is 1. The van der Waals surface area contributed by atoms with Crippen LogP contribution in [-0.4, -0.2) is 15.9 Å². The predicted octanol–water partition coefficient (Wildman–Crippen LogP) is 3.54. The first-order chi connectivity index (χ1) is 13.0. The number of nitrogens with one attached hydrogen (secondary N) is 1. The third kappa shape index (κ3) is 3.15. The van der Waals surface area contributed by atoms with Crippen LogP contribution in [0.25, 0.3) is 22.5 Å². The Morgan fingerprint density at radius 3 is 2.74 bits per heavy atom. The van der Waals surface area contributed by atoms with Crippen molar-refractivity contribution in [2.45, 2.75) is 20.3 Å². The normalized spacial score (nSPS) is 11.0. The molecule has 0 aliphatic carbocycles. The second-order valence-corrected chi connectivity index (χ2v) is 6.13. The van der Waals surface area contributed by atoms with E-state index in [9.17, 15) is 9.59 Å². The van der Waals surface area contributed by atoms with Crippen molar-refractivity contribution in [2.75, 3.05) is 0 Å². The number of carbonyl (C=O) groups excluding carboxylic acids is 1. The number of hydrogen-bond donors (Lipinski definition) is 1. The Balaban J connectivity index is 1.74. The van der Waals surface area contributed by atoms with Crippen LogP contribution in [0, 0.1) is 13.8 Å². The number of carbonyl (C=O) groups is 1. The molecule has 3 aromatic heterocycles. The lowest BCUT2D eigenvalue weighted by Gasteiger charge is -2.11. The molecule has 1 aromatic carbocycles. The summed E-state index contributed by atoms with van der Waals surface area (Å²) < 4.78 is 16.7. The Morgan fingerprint density at radius 1 is 1.19 bits per heavy atom. The van der Waals surface area contributed by atoms with Gasteiger partial charge in [-0.1, -0.05) is 18.2 Å². The van der Waals surface area contributed by atoms with Gasteiger partial charge in [0.2, 0.25) is 0 Å². The molecule has 4 rings (SSSR count). The standard InChI is InChI=1S/C20H16N2O5/c1-11-18(26-17(23)10-16-21-7-8-22-16)12(2)20(24)27-19(11)15-9-13-5-3-4-6-14(13)25-15/h3-9H,10H2,1-2H3,(H,21,22). The van der Waals surface area contributed by atoms with E-state index >= 15 is 0 Å². The highest BCUT2D eigenvalue weighted by Crippen LogP contribution is 2.34. The number of H-pyrrole nitrogens is 1. The summed E-state index contributed by atoms with van der Waals surface area (Å²) in [5, 5.41) is 0.881. The van der Waals surface area contributed by atoms with Crippen LogP contribution in [0.4, 0.5) is 0 Å². The largest absolute Gasteiger partial charge is 0.453 e. The van der Waals surface area contributed by atoms with Gasteiger partial charge in [-0.3, -0.25) is 4.79 Å². The Bertz CT molecular complexity index is 1150. The Labute approximate surface area is 153 Å². The van der Waals surface area contributed by atoms with E-state index in [0.29, 0.717) is 22.7 Å². The van der Waals surface area contributed by atoms with Crippen molar-refractivity contribution in [1.29, 1.82) is 0 Å². The fraction of sp³-hybridized carbons (Fsp3) is 0.150. The molecule has 0 saturated carbocycles. The molecule has 7 heteroatoms. The summed E-state index contributed by atoms with van der Waals surface area (Å²) in [6.45, 7) is 3.27. The van der Waals surface area contributed by atoms with Crippen molar-refractivity contribution >= 4 is 16.9 Å². The zero-order valence-electron chi connectivity index (χ0n) is 14.7. The maximum absolute atomic E-state index is 12.3. The molecule has 136 valence electrons. The molecule has 0 fully saturated rings. The number of furan rings is 1. The van der Waals surface area contributed by atoms with Gasteiger partial charge in [0.1, 0.15) is 23.6 Å². The summed E-state index contributed by atoms with van der Waals surface area (Å²) >= 11 is 0. The van der Waals surface area contributed by atoms with Crippen LogP contribution in [0.5, 0.6) is 5.75 Å². The molecule has 0 spiro atoms. The molecule has 0 radical (unpaired) electrons. The highest BCUT2D eigenvalue weighted by molar-refractivity contribution is 5.83. The van der Waals surface area contributed by atoms with Gasteiger partial charge in [-0.05, 0) is 26.0 Å². The van der Waals surface area contributed by atoms with Crippen molar-refractivity contribution in [2.24, 2.45) is 0 Å². The van der Waals surface area contributed by atoms with Crippen LogP contribution in [-0.2, 0) is 11.2 Å². The summed E-state index contributed by atoms with van der Waals surface area (Å²) in [7, 11) is 0. The Kier molecular flexibility index (Phi) is 4.12. The minimum atomic E-state index is -0.586. The number of aromatic nitrogens is 2. The maximum atomic E-state index is 12.3. The molecular weight excluding hydrogens is 348 g/mol. The van der Waals surface area contributed by atoms with Crippen LogP contribution in [0.2, 0.25) is 0 Å². The summed E-state index contributed by atoms with van der Waals surface area (Å²) in [6.07, 6.45) is 3.14. The third-order valence-corrected chi connectivity index (χ3v) is 4.25. The zero-order valence-corrected chi connectivity index (χ0v) is 14.7. The first-order valence-electron chi connectivity index (χ1n) is 8.35. The average molecular weight is 364 g/mol. The molecule has 0 aliphatic rings. The lowest BCUT2D eigenvalue weighted by molar-refractivity contribution is -0.133. The number of aromatic amines is 1. The van der Waals surface area contributed by atoms with Gasteiger partial charge in [-0.2, -0.15) is 0 Å². The van der Waals surface area contributed by atoms with Gasteiger partial charge in [0, 0.05) is 23.3 Å². The summed E-state index contributed by atoms with van der Waals surface area (Å²) in [6, 6.07) is 9.25. The smallest absolute Gasteiger partial charge is 0.343 e. The van der Waals surface area contributed by atoms with E-state index in [2.05, 4.69) is 9.97 Å². The highest BCUT2D eigenvalue weighted by Gasteiger charge is 2.22. The van der Waals surface area contributed by atoms with E-state index < -0.39 is 11.6 Å². The van der Waals surface area contributed by atoms with Crippen LogP contribution >= 0.6 is 0 Å². The van der Waals surface area contributed by atoms with E-state index in [1.807, 2.05) is 24.3 Å². The number of ether oxygens (including phenoxy) is 1. The lowest BCUT2D eigenvalue weighted by Crippen LogP contribution is -2.17. The molecule has 0 aliphatic heterocycles. The summed E-state index contributed by atoms with van der Waals surface area (Å²) in [5.74, 6) is 0.767. The number of hydrogen-bond acceptors (Lipinski definition) is 6. The molecule has 0 saturated heterocycles. The van der Waals surface area contributed by atoms with Gasteiger partial charge < -0.3 is 18.6 Å². The van der Waals surface area contributed by atoms with Gasteiger partial charge in [0.25, 0.3) is 0 Å². The number of rotatable bonds is 4. The number of esters is 1. The van der Waals surface area contributed by atoms with Crippen molar-refractivity contribution in [3.05, 3.63) is 70.1 Å². The fourth-order valence-corrected chi connectivity index (χ4v) is 2.89. The van der Waals surface area contributed by atoms with Crippen molar-refractivity contribution < 1.29 is 18.4 Å². The first kappa shape index (κ1) is 16.8. The Hall–Kier alpha value is -3.61. The van der Waals surface area contributed by atoms with Gasteiger partial charge in [0.15, 0.2) is 11.5 Å². The van der Waals surface area contributed by atoms with Crippen LogP contribution in [0.3, 0.4) is 0 Å². The minimum Gasteiger partial charge on any atom is -0.453 e. The van der Waals surface area contributed by atoms with E-state index in [-0.39, 0.29) is 23.5 Å². The number of imidazole rings is 1. The SMILES string of the molecule is Cc1c(-c2cc3ccccc3o2)oc(=O)c(C)c1OC(=O)Cc1ncc[nH]1. The predicted molar refractivity (Wildman–Crippen MR) is 97.6 cm³/mol. The van der Waals surface area contributed by atoms with E-state index in [1.54, 1.807) is 32.3 Å². The quantitative estimate of drug-likeness (QED) is 0.556. The Morgan fingerprint density at radius 2 is 2.00 bits per heavy atom. The molecule has 1 N–H and O–H groups in total. The van der Waals surface area contributed by atoms with Crippen molar-refractivity contribution in [3.63, 3.8) is 0 Å². The minimum absolute atomic E-state index is 0.0356. The van der Waals surface area contributed by atoms with Crippen LogP contribution < -0.4 is 10.4 Å². The second-order valence-electron chi connectivity index (χ2n) is 6.13. The average Bonchev–Trinajstić information content (AvgIpc) is 3.31. The second kappa shape index (κ2) is 6.60. The topological polar surface area (TPSA) is 98.3 Å². The number of fused-ring (bicyclic) bond motifs is 1. The molecule has 0 amide bonds. The van der Waals surface area contributed by atoms with Crippen LogP contribution in [0.1, 0.15) is 17.0 Å². The molecule has 4 aromatic rings. The molecular formula is C20H16N2O5. The lowest BCUT2D eigenvalue weighted by atomic mass is 10.1. The summed E-state index contributed by atoms with van der Waals surface area (Å²) in [4.78, 5) is 31.4. The molecule has 0 atom stereocenters. The van der Waals surface area contributed by atoms with E-state index in [0.717, 1.165) is 5.39 Å². The molecule has 0 unspecified atom stereocenters. The zero-order chi connectivity index (χ0) is 19.0. The molecule has 3 heterocycles. The maximum Gasteiger partial charge on any atom is 0.343 e. The van der Waals surface area contributed by atoms with Crippen LogP contribution in [0.15, 0.2) is 56.4 Å².